The van der Waals surface area contributed by atoms with Crippen molar-refractivity contribution in [2.24, 2.45) is 5.92 Å². The highest BCUT2D eigenvalue weighted by Gasteiger charge is 2.27. The topological polar surface area (TPSA) is 85.7 Å². The second kappa shape index (κ2) is 6.29. The Balaban J connectivity index is 2.40. The molecule has 1 fully saturated rings. The van der Waals surface area contributed by atoms with Crippen LogP contribution in [0.4, 0.5) is 0 Å². The molecule has 16 heavy (non-hydrogen) atoms. The monoisotopic (exact) mass is 231 g/mol. The summed E-state index contributed by atoms with van der Waals surface area (Å²) < 4.78 is 10.5. The average molecular weight is 231 g/mol. The predicted octanol–water partition coefficient (Wildman–Crippen LogP) is -0.120. The van der Waals surface area contributed by atoms with Crippen LogP contribution in [0, 0.1) is 16.0 Å². The predicted molar refractivity (Wildman–Crippen MR) is 57.0 cm³/mol. The first-order valence-electron chi connectivity index (χ1n) is 5.08. The van der Waals surface area contributed by atoms with Crippen LogP contribution < -0.4 is 10.6 Å². The number of hydrogen-bond donors (Lipinski definition) is 2. The van der Waals surface area contributed by atoms with Crippen LogP contribution >= 0.6 is 0 Å². The first-order valence-corrected chi connectivity index (χ1v) is 5.08. The molecule has 7 nitrogen and oxygen atoms in total. The van der Waals surface area contributed by atoms with Gasteiger partial charge >= 0.3 is 0 Å². The Morgan fingerprint density at radius 2 is 2.50 bits per heavy atom. The van der Waals surface area contributed by atoms with Gasteiger partial charge in [0.1, 0.15) is 0 Å². The Morgan fingerprint density at radius 1 is 1.75 bits per heavy atom. The molecule has 1 heterocycles. The molecule has 0 saturated carbocycles. The molecule has 0 aromatic carbocycles. The first-order chi connectivity index (χ1) is 7.67. The number of rotatable bonds is 6. The molecule has 0 aromatic rings. The summed E-state index contributed by atoms with van der Waals surface area (Å²) in [4.78, 5) is 9.78. The molecule has 1 saturated heterocycles. The van der Waals surface area contributed by atoms with Crippen LogP contribution in [0.25, 0.3) is 0 Å². The summed E-state index contributed by atoms with van der Waals surface area (Å²) >= 11 is 0. The van der Waals surface area contributed by atoms with E-state index in [0.717, 1.165) is 12.6 Å². The van der Waals surface area contributed by atoms with Crippen LogP contribution in [0.1, 0.15) is 6.42 Å². The zero-order valence-corrected chi connectivity index (χ0v) is 9.43. The fourth-order valence-corrected chi connectivity index (χ4v) is 1.61. The van der Waals surface area contributed by atoms with Gasteiger partial charge in [-0.1, -0.05) is 0 Å². The van der Waals surface area contributed by atoms with Crippen molar-refractivity contribution < 1.29 is 14.4 Å². The van der Waals surface area contributed by atoms with Gasteiger partial charge in [-0.05, 0) is 6.42 Å². The molecule has 92 valence electrons. The van der Waals surface area contributed by atoms with Crippen molar-refractivity contribution in [3.8, 4) is 0 Å². The van der Waals surface area contributed by atoms with Crippen molar-refractivity contribution in [2.75, 3.05) is 27.3 Å². The van der Waals surface area contributed by atoms with Crippen molar-refractivity contribution in [3.63, 3.8) is 0 Å². The lowest BCUT2D eigenvalue weighted by Gasteiger charge is -2.18. The van der Waals surface area contributed by atoms with Crippen molar-refractivity contribution in [3.05, 3.63) is 22.1 Å². The third kappa shape index (κ3) is 3.67. The van der Waals surface area contributed by atoms with E-state index in [1.807, 2.05) is 0 Å². The van der Waals surface area contributed by atoms with Crippen LogP contribution in [0.15, 0.2) is 12.0 Å². The number of nitro groups is 1. The Bertz CT molecular complexity index is 269. The lowest BCUT2D eigenvalue weighted by atomic mass is 10.1. The number of nitrogens with zero attached hydrogens (tertiary/aromatic N) is 1. The van der Waals surface area contributed by atoms with Gasteiger partial charge in [-0.2, -0.15) is 0 Å². The van der Waals surface area contributed by atoms with E-state index in [1.165, 1.54) is 0 Å². The number of ether oxygens (including phenoxy) is 2. The summed E-state index contributed by atoms with van der Waals surface area (Å²) in [6.07, 6.45) is 1.57. The summed E-state index contributed by atoms with van der Waals surface area (Å²) in [7, 11) is 3.22. The zero-order chi connectivity index (χ0) is 12.0. The number of nitrogens with one attached hydrogen (secondary N) is 2. The highest BCUT2D eigenvalue weighted by molar-refractivity contribution is 4.91. The largest absolute Gasteiger partial charge is 0.370 e. The van der Waals surface area contributed by atoms with Crippen LogP contribution in [-0.4, -0.2) is 38.5 Å². The highest BCUT2D eigenvalue weighted by Crippen LogP contribution is 2.20. The minimum Gasteiger partial charge on any atom is -0.370 e. The van der Waals surface area contributed by atoms with E-state index in [2.05, 4.69) is 10.6 Å². The van der Waals surface area contributed by atoms with Crippen molar-refractivity contribution >= 4 is 0 Å². The molecule has 0 spiro atoms. The standard InChI is InChI=1S/C9H17N3O4/c1-10-8(6-12(13)14)11-5-7-3-4-16-9(7)15-2/h6-7,9-11H,3-5H2,1-2H3/b8-6+. The Morgan fingerprint density at radius 3 is 3.06 bits per heavy atom. The van der Waals surface area contributed by atoms with Crippen LogP contribution in [0.3, 0.4) is 0 Å². The number of methoxy groups -OCH3 is 1. The van der Waals surface area contributed by atoms with Crippen LogP contribution in [0.5, 0.6) is 0 Å². The fraction of sp³-hybridized carbons (Fsp3) is 0.778. The van der Waals surface area contributed by atoms with E-state index in [1.54, 1.807) is 14.2 Å². The molecule has 0 bridgehead atoms. The molecule has 1 rings (SSSR count). The van der Waals surface area contributed by atoms with Gasteiger partial charge in [0.25, 0.3) is 6.20 Å². The van der Waals surface area contributed by atoms with E-state index < -0.39 is 4.92 Å². The molecule has 2 N–H and O–H groups in total. The summed E-state index contributed by atoms with van der Waals surface area (Å²) in [5.74, 6) is 0.597. The molecular formula is C9H17N3O4. The van der Waals surface area contributed by atoms with Gasteiger partial charge in [0.05, 0.1) is 11.5 Å². The smallest absolute Gasteiger partial charge is 0.274 e. The quantitative estimate of drug-likeness (QED) is 0.489. The lowest BCUT2D eigenvalue weighted by molar-refractivity contribution is -0.404. The summed E-state index contributed by atoms with van der Waals surface area (Å²) in [6, 6.07) is 0. The van der Waals surface area contributed by atoms with E-state index >= 15 is 0 Å². The van der Waals surface area contributed by atoms with Gasteiger partial charge in [-0.3, -0.25) is 10.1 Å². The van der Waals surface area contributed by atoms with Gasteiger partial charge in [0.2, 0.25) is 0 Å². The van der Waals surface area contributed by atoms with Gasteiger partial charge in [-0.25, -0.2) is 0 Å². The summed E-state index contributed by atoms with van der Waals surface area (Å²) in [5, 5.41) is 16.0. The van der Waals surface area contributed by atoms with Crippen LogP contribution in [0.2, 0.25) is 0 Å². The van der Waals surface area contributed by atoms with Crippen molar-refractivity contribution in [1.29, 1.82) is 0 Å². The van der Waals surface area contributed by atoms with Crippen LogP contribution in [-0.2, 0) is 9.47 Å². The lowest BCUT2D eigenvalue weighted by Crippen LogP contribution is -2.33. The Hall–Kier alpha value is -1.34. The Labute approximate surface area is 93.9 Å². The average Bonchev–Trinajstić information content (AvgIpc) is 2.70. The normalized spacial score (nSPS) is 25.5. The molecular weight excluding hydrogens is 214 g/mol. The highest BCUT2D eigenvalue weighted by atomic mass is 16.7. The molecule has 0 aromatic heterocycles. The minimum atomic E-state index is -0.502. The molecule has 7 heteroatoms. The third-order valence-electron chi connectivity index (χ3n) is 2.45. The van der Waals surface area contributed by atoms with E-state index in [0.29, 0.717) is 19.0 Å². The second-order valence-electron chi connectivity index (χ2n) is 3.48. The molecule has 0 aliphatic carbocycles. The maximum atomic E-state index is 10.3. The first kappa shape index (κ1) is 12.7. The van der Waals surface area contributed by atoms with Gasteiger partial charge in [0.15, 0.2) is 12.1 Å². The van der Waals surface area contributed by atoms with E-state index in [4.69, 9.17) is 9.47 Å². The molecule has 0 amide bonds. The van der Waals surface area contributed by atoms with Gasteiger partial charge in [0, 0.05) is 26.6 Å². The third-order valence-corrected chi connectivity index (χ3v) is 2.45. The fourth-order valence-electron chi connectivity index (χ4n) is 1.61. The SMILES string of the molecule is CN/C(=C\[N+](=O)[O-])NCC1CCOC1OC. The summed E-state index contributed by atoms with van der Waals surface area (Å²) in [6.45, 7) is 1.25. The maximum absolute atomic E-state index is 10.3. The molecule has 0 radical (unpaired) electrons. The van der Waals surface area contributed by atoms with Gasteiger partial charge < -0.3 is 20.1 Å². The zero-order valence-electron chi connectivity index (χ0n) is 9.43. The van der Waals surface area contributed by atoms with Gasteiger partial charge in [-0.15, -0.1) is 0 Å². The van der Waals surface area contributed by atoms with Crippen molar-refractivity contribution in [2.45, 2.75) is 12.7 Å². The Kier molecular flexibility index (Phi) is 5.00. The van der Waals surface area contributed by atoms with Crippen molar-refractivity contribution in [1.82, 2.24) is 10.6 Å². The van der Waals surface area contributed by atoms with E-state index in [9.17, 15) is 10.1 Å². The molecule has 1 aliphatic heterocycles. The molecule has 2 atom stereocenters. The molecule has 2 unspecified atom stereocenters. The minimum absolute atomic E-state index is 0.216. The maximum Gasteiger partial charge on any atom is 0.274 e. The summed E-state index contributed by atoms with van der Waals surface area (Å²) in [5.41, 5.74) is 0. The second-order valence-corrected chi connectivity index (χ2v) is 3.48. The number of hydrogen-bond acceptors (Lipinski definition) is 6. The molecule has 1 aliphatic rings. The van der Waals surface area contributed by atoms with E-state index in [-0.39, 0.29) is 12.2 Å².